The summed E-state index contributed by atoms with van der Waals surface area (Å²) in [6.07, 6.45) is 10.0. The largest absolute Gasteiger partial charge is 0.459 e. The molecule has 3 atom stereocenters. The first-order valence-corrected chi connectivity index (χ1v) is 12.1. The molecular formula is C25H40O5. The van der Waals surface area contributed by atoms with Gasteiger partial charge in [0.1, 0.15) is 11.2 Å². The highest BCUT2D eigenvalue weighted by Gasteiger charge is 2.61. The number of rotatable bonds is 7. The zero-order valence-corrected chi connectivity index (χ0v) is 19.6. The van der Waals surface area contributed by atoms with E-state index in [1.54, 1.807) is 0 Å². The first-order valence-electron chi connectivity index (χ1n) is 12.1. The maximum atomic E-state index is 12.9. The summed E-state index contributed by atoms with van der Waals surface area (Å²) in [5.74, 6) is 0.691. The fourth-order valence-electron chi connectivity index (χ4n) is 6.81. The number of esters is 2. The Morgan fingerprint density at radius 2 is 1.57 bits per heavy atom. The Labute approximate surface area is 181 Å². The second-order valence-electron chi connectivity index (χ2n) is 11.8. The molecule has 5 fully saturated rings. The second-order valence-corrected chi connectivity index (χ2v) is 11.8. The van der Waals surface area contributed by atoms with Gasteiger partial charge in [0.25, 0.3) is 0 Å². The average molecular weight is 421 g/mol. The van der Waals surface area contributed by atoms with E-state index in [1.165, 1.54) is 6.42 Å². The molecule has 0 saturated heterocycles. The van der Waals surface area contributed by atoms with Gasteiger partial charge in [0.05, 0.1) is 11.0 Å². The van der Waals surface area contributed by atoms with Crippen LogP contribution in [-0.2, 0) is 23.8 Å². The zero-order valence-electron chi connectivity index (χ0n) is 19.6. The molecule has 0 aromatic carbocycles. The van der Waals surface area contributed by atoms with Gasteiger partial charge in [-0.3, -0.25) is 4.79 Å². The van der Waals surface area contributed by atoms with Crippen molar-refractivity contribution in [2.75, 3.05) is 0 Å². The molecule has 4 bridgehead atoms. The van der Waals surface area contributed by atoms with Crippen LogP contribution in [0.3, 0.4) is 0 Å². The molecule has 30 heavy (non-hydrogen) atoms. The summed E-state index contributed by atoms with van der Waals surface area (Å²) in [5.41, 5.74) is -1.59. The second kappa shape index (κ2) is 7.50. The first kappa shape index (κ1) is 22.1. The number of hydrogen-bond acceptors (Lipinski definition) is 5. The molecule has 0 aromatic rings. The van der Waals surface area contributed by atoms with Gasteiger partial charge in [-0.2, -0.15) is 0 Å². The molecule has 0 radical (unpaired) electrons. The summed E-state index contributed by atoms with van der Waals surface area (Å²) in [7, 11) is 0. The Balaban J connectivity index is 1.46. The van der Waals surface area contributed by atoms with E-state index in [9.17, 15) is 9.59 Å². The predicted octanol–water partition coefficient (Wildman–Crippen LogP) is 5.34. The number of carbonyl (C=O) groups excluding carboxylic acids is 2. The smallest absolute Gasteiger partial charge is 0.335 e. The Bertz CT molecular complexity index is 676. The summed E-state index contributed by atoms with van der Waals surface area (Å²) in [6.45, 7) is 9.83. The highest BCUT2D eigenvalue weighted by molar-refractivity contribution is 5.76. The molecule has 0 spiro atoms. The minimum absolute atomic E-state index is 0.0938. The molecule has 5 heteroatoms. The molecule has 5 aliphatic carbocycles. The summed E-state index contributed by atoms with van der Waals surface area (Å²) in [6, 6.07) is 0. The molecule has 5 saturated carbocycles. The van der Waals surface area contributed by atoms with Gasteiger partial charge in [0.15, 0.2) is 6.10 Å². The summed E-state index contributed by atoms with van der Waals surface area (Å²) in [4.78, 5) is 25.7. The topological polar surface area (TPSA) is 61.8 Å². The van der Waals surface area contributed by atoms with Gasteiger partial charge in [0.2, 0.25) is 0 Å². The SMILES string of the molecule is CCC(C)(C)C(=O)OC12CC3CC(C1)CC(OC(C)C(=O)OC1(C)CCCC1)(C3)C2. The van der Waals surface area contributed by atoms with E-state index in [0.717, 1.165) is 57.8 Å². The van der Waals surface area contributed by atoms with Crippen molar-refractivity contribution in [1.29, 1.82) is 0 Å². The molecule has 170 valence electrons. The lowest BCUT2D eigenvalue weighted by Crippen LogP contribution is -2.62. The highest BCUT2D eigenvalue weighted by Crippen LogP contribution is 2.60. The fourth-order valence-corrected chi connectivity index (χ4v) is 6.81. The van der Waals surface area contributed by atoms with E-state index >= 15 is 0 Å². The Hall–Kier alpha value is -1.10. The molecular weight excluding hydrogens is 380 g/mol. The summed E-state index contributed by atoms with van der Waals surface area (Å²) >= 11 is 0. The third-order valence-corrected chi connectivity index (χ3v) is 8.47. The first-order chi connectivity index (χ1) is 14.0. The molecule has 0 aliphatic heterocycles. The standard InChI is InChI=1S/C25H40O5/c1-6-22(3,4)21(27)30-25-14-18-11-19(15-25)13-24(12-18,16-25)28-17(2)20(26)29-23(5)9-7-8-10-23/h17-19H,6-16H2,1-5H3. The predicted molar refractivity (Wildman–Crippen MR) is 114 cm³/mol. The van der Waals surface area contributed by atoms with Crippen molar-refractivity contribution >= 4 is 11.9 Å². The molecule has 0 N–H and O–H groups in total. The van der Waals surface area contributed by atoms with Gasteiger partial charge in [-0.15, -0.1) is 0 Å². The van der Waals surface area contributed by atoms with Gasteiger partial charge in [-0.25, -0.2) is 4.79 Å². The van der Waals surface area contributed by atoms with Crippen molar-refractivity contribution in [2.24, 2.45) is 17.3 Å². The van der Waals surface area contributed by atoms with Crippen molar-refractivity contribution < 1.29 is 23.8 Å². The van der Waals surface area contributed by atoms with Crippen LogP contribution in [0.5, 0.6) is 0 Å². The van der Waals surface area contributed by atoms with Gasteiger partial charge in [-0.05, 0) is 104 Å². The van der Waals surface area contributed by atoms with Crippen molar-refractivity contribution in [2.45, 2.75) is 128 Å². The molecule has 0 aromatic heterocycles. The molecule has 5 nitrogen and oxygen atoms in total. The summed E-state index contributed by atoms with van der Waals surface area (Å²) in [5, 5.41) is 0. The Kier molecular flexibility index (Phi) is 5.52. The van der Waals surface area contributed by atoms with E-state index in [2.05, 4.69) is 0 Å². The van der Waals surface area contributed by atoms with Crippen LogP contribution < -0.4 is 0 Å². The van der Waals surface area contributed by atoms with Gasteiger partial charge in [0, 0.05) is 6.42 Å². The van der Waals surface area contributed by atoms with E-state index in [4.69, 9.17) is 14.2 Å². The van der Waals surface area contributed by atoms with E-state index in [0.29, 0.717) is 18.3 Å². The summed E-state index contributed by atoms with van der Waals surface area (Å²) < 4.78 is 18.7. The maximum absolute atomic E-state index is 12.9. The van der Waals surface area contributed by atoms with Crippen LogP contribution in [0.15, 0.2) is 0 Å². The molecule has 0 heterocycles. The molecule has 5 rings (SSSR count). The Morgan fingerprint density at radius 1 is 1.00 bits per heavy atom. The lowest BCUT2D eigenvalue weighted by molar-refractivity contribution is -0.250. The van der Waals surface area contributed by atoms with E-state index in [1.807, 2.05) is 34.6 Å². The van der Waals surface area contributed by atoms with E-state index < -0.39 is 17.1 Å². The van der Waals surface area contributed by atoms with Crippen LogP contribution in [0.25, 0.3) is 0 Å². The molecule has 3 unspecified atom stereocenters. The van der Waals surface area contributed by atoms with E-state index in [-0.39, 0.29) is 23.1 Å². The van der Waals surface area contributed by atoms with Crippen LogP contribution in [0.1, 0.15) is 105 Å². The third kappa shape index (κ3) is 4.16. The number of ether oxygens (including phenoxy) is 3. The van der Waals surface area contributed by atoms with Gasteiger partial charge in [-0.1, -0.05) is 6.92 Å². The minimum atomic E-state index is -0.585. The number of carbonyl (C=O) groups is 2. The number of hydrogen-bond donors (Lipinski definition) is 0. The van der Waals surface area contributed by atoms with Crippen molar-refractivity contribution in [3.05, 3.63) is 0 Å². The monoisotopic (exact) mass is 420 g/mol. The highest BCUT2D eigenvalue weighted by atomic mass is 16.6. The normalized spacial score (nSPS) is 37.8. The molecule has 0 amide bonds. The van der Waals surface area contributed by atoms with Crippen molar-refractivity contribution in [3.63, 3.8) is 0 Å². The van der Waals surface area contributed by atoms with Gasteiger partial charge < -0.3 is 14.2 Å². The van der Waals surface area contributed by atoms with Gasteiger partial charge >= 0.3 is 11.9 Å². The quantitative estimate of drug-likeness (QED) is 0.520. The lowest BCUT2D eigenvalue weighted by atomic mass is 9.52. The van der Waals surface area contributed by atoms with Crippen LogP contribution in [0.4, 0.5) is 0 Å². The fraction of sp³-hybridized carbons (Fsp3) is 0.920. The third-order valence-electron chi connectivity index (χ3n) is 8.47. The lowest BCUT2D eigenvalue weighted by Gasteiger charge is -2.61. The zero-order chi connectivity index (χ0) is 21.8. The average Bonchev–Trinajstić information content (AvgIpc) is 3.05. The maximum Gasteiger partial charge on any atom is 0.335 e. The molecule has 5 aliphatic rings. The minimum Gasteiger partial charge on any atom is -0.459 e. The van der Waals surface area contributed by atoms with Crippen LogP contribution in [-0.4, -0.2) is 34.8 Å². The Morgan fingerprint density at radius 3 is 2.13 bits per heavy atom. The van der Waals surface area contributed by atoms with Crippen molar-refractivity contribution in [3.8, 4) is 0 Å². The van der Waals surface area contributed by atoms with Crippen LogP contribution in [0.2, 0.25) is 0 Å². The van der Waals surface area contributed by atoms with Crippen LogP contribution >= 0.6 is 0 Å². The van der Waals surface area contributed by atoms with Crippen molar-refractivity contribution in [1.82, 2.24) is 0 Å². The van der Waals surface area contributed by atoms with Crippen LogP contribution in [0, 0.1) is 17.3 Å².